The van der Waals surface area contributed by atoms with Crippen molar-refractivity contribution in [1.82, 2.24) is 4.90 Å². The third kappa shape index (κ3) is 5.70. The lowest BCUT2D eigenvalue weighted by molar-refractivity contribution is -0.142. The summed E-state index contributed by atoms with van der Waals surface area (Å²) in [6.07, 6.45) is 0.388. The minimum Gasteiger partial charge on any atom is -0.469 e. The third-order valence-electron chi connectivity index (χ3n) is 4.32. The molecule has 0 fully saturated rings. The lowest BCUT2D eigenvalue weighted by Gasteiger charge is -2.25. The van der Waals surface area contributed by atoms with Gasteiger partial charge in [-0.05, 0) is 11.1 Å². The van der Waals surface area contributed by atoms with Gasteiger partial charge in [-0.3, -0.25) is 9.59 Å². The monoisotopic (exact) mass is 355 g/mol. The highest BCUT2D eigenvalue weighted by atomic mass is 16.5. The Balaban J connectivity index is 2.17. The fourth-order valence-electron chi connectivity index (χ4n) is 2.91. The summed E-state index contributed by atoms with van der Waals surface area (Å²) in [5.74, 6) is -0.548. The molecule has 0 atom stereocenters. The smallest absolute Gasteiger partial charge is 0.307 e. The zero-order valence-electron chi connectivity index (χ0n) is 15.0. The Morgan fingerprint density at radius 3 is 1.96 bits per heavy atom. The number of nitrogens with zero attached hydrogens (tertiary/aromatic N) is 1. The Morgan fingerprint density at radius 2 is 1.50 bits per heavy atom. The number of amides is 1. The molecule has 0 aliphatic carbocycles. The summed E-state index contributed by atoms with van der Waals surface area (Å²) < 4.78 is 4.64. The van der Waals surface area contributed by atoms with E-state index >= 15 is 0 Å². The summed E-state index contributed by atoms with van der Waals surface area (Å²) in [6, 6.07) is 19.8. The number of esters is 1. The average molecular weight is 355 g/mol. The van der Waals surface area contributed by atoms with Gasteiger partial charge in [-0.1, -0.05) is 60.7 Å². The van der Waals surface area contributed by atoms with Crippen LogP contribution in [0.4, 0.5) is 0 Å². The van der Waals surface area contributed by atoms with E-state index in [0.717, 1.165) is 11.1 Å². The Labute approximate surface area is 154 Å². The maximum Gasteiger partial charge on any atom is 0.307 e. The van der Waals surface area contributed by atoms with Crippen molar-refractivity contribution < 1.29 is 19.4 Å². The van der Waals surface area contributed by atoms with Crippen molar-refractivity contribution >= 4 is 11.9 Å². The van der Waals surface area contributed by atoms with Gasteiger partial charge in [0.2, 0.25) is 5.91 Å². The molecule has 2 aromatic carbocycles. The molecule has 0 aliphatic heterocycles. The average Bonchev–Trinajstić information content (AvgIpc) is 2.70. The zero-order valence-corrected chi connectivity index (χ0v) is 15.0. The number of aliphatic hydroxyl groups is 1. The summed E-state index contributed by atoms with van der Waals surface area (Å²) in [4.78, 5) is 25.8. The van der Waals surface area contributed by atoms with Crippen LogP contribution >= 0.6 is 0 Å². The van der Waals surface area contributed by atoms with Gasteiger partial charge >= 0.3 is 5.97 Å². The van der Waals surface area contributed by atoms with Gasteiger partial charge in [0.15, 0.2) is 0 Å². The molecule has 0 heterocycles. The number of carbonyl (C=O) groups is 2. The predicted octanol–water partition coefficient (Wildman–Crippen LogP) is 2.59. The molecular formula is C21H25NO4. The van der Waals surface area contributed by atoms with Crippen molar-refractivity contribution in [3.05, 3.63) is 71.8 Å². The van der Waals surface area contributed by atoms with Crippen molar-refractivity contribution in [2.24, 2.45) is 0 Å². The quantitative estimate of drug-likeness (QED) is 0.702. The fraction of sp³-hybridized carbons (Fsp3) is 0.333. The van der Waals surface area contributed by atoms with E-state index in [0.29, 0.717) is 0 Å². The topological polar surface area (TPSA) is 66.8 Å². The predicted molar refractivity (Wildman–Crippen MR) is 99.6 cm³/mol. The van der Waals surface area contributed by atoms with Crippen LogP contribution < -0.4 is 0 Å². The molecule has 1 N–H and O–H groups in total. The molecule has 0 aliphatic rings. The summed E-state index contributed by atoms with van der Waals surface area (Å²) in [7, 11) is 1.32. The molecule has 0 radical (unpaired) electrons. The van der Waals surface area contributed by atoms with Gasteiger partial charge in [-0.25, -0.2) is 0 Å². The molecule has 0 spiro atoms. The molecule has 0 saturated carbocycles. The first-order valence-electron chi connectivity index (χ1n) is 8.71. The number of benzene rings is 2. The van der Waals surface area contributed by atoms with E-state index in [1.165, 1.54) is 12.0 Å². The second kappa shape index (κ2) is 10.4. The molecule has 0 unspecified atom stereocenters. The molecule has 2 aromatic rings. The lowest BCUT2D eigenvalue weighted by Crippen LogP contribution is -2.36. The van der Waals surface area contributed by atoms with Crippen LogP contribution in [0, 0.1) is 0 Å². The van der Waals surface area contributed by atoms with E-state index in [2.05, 4.69) is 4.74 Å². The lowest BCUT2D eigenvalue weighted by atomic mass is 9.88. The summed E-state index contributed by atoms with van der Waals surface area (Å²) in [5.41, 5.74) is 2.12. The largest absolute Gasteiger partial charge is 0.469 e. The van der Waals surface area contributed by atoms with Crippen molar-refractivity contribution in [3.8, 4) is 0 Å². The molecule has 0 aromatic heterocycles. The molecule has 5 nitrogen and oxygen atoms in total. The minimum atomic E-state index is -0.372. The van der Waals surface area contributed by atoms with Crippen LogP contribution in [0.25, 0.3) is 0 Å². The highest BCUT2D eigenvalue weighted by Gasteiger charge is 2.22. The number of ether oxygens (including phenoxy) is 1. The van der Waals surface area contributed by atoms with Gasteiger partial charge in [0.1, 0.15) is 0 Å². The van der Waals surface area contributed by atoms with Gasteiger partial charge in [0.05, 0.1) is 20.1 Å². The SMILES string of the molecule is COC(=O)CCN(CCO)C(=O)CC(c1ccccc1)c1ccccc1. The molecule has 0 bridgehead atoms. The maximum atomic E-state index is 12.9. The maximum absolute atomic E-state index is 12.9. The number of hydrogen-bond acceptors (Lipinski definition) is 4. The second-order valence-corrected chi connectivity index (χ2v) is 6.01. The van der Waals surface area contributed by atoms with Crippen LogP contribution in [0.5, 0.6) is 0 Å². The van der Waals surface area contributed by atoms with Gasteiger partial charge in [0, 0.05) is 25.4 Å². The van der Waals surface area contributed by atoms with Gasteiger partial charge < -0.3 is 14.7 Å². The van der Waals surface area contributed by atoms with Crippen molar-refractivity contribution in [2.75, 3.05) is 26.8 Å². The van der Waals surface area contributed by atoms with E-state index in [1.807, 2.05) is 60.7 Å². The summed E-state index contributed by atoms with van der Waals surface area (Å²) in [6.45, 7) is 0.294. The Morgan fingerprint density at radius 1 is 0.962 bits per heavy atom. The van der Waals surface area contributed by atoms with Gasteiger partial charge in [-0.15, -0.1) is 0 Å². The summed E-state index contributed by atoms with van der Waals surface area (Å²) >= 11 is 0. The van der Waals surface area contributed by atoms with E-state index in [1.54, 1.807) is 0 Å². The number of aliphatic hydroxyl groups excluding tert-OH is 1. The van der Waals surface area contributed by atoms with E-state index in [-0.39, 0.29) is 50.3 Å². The molecule has 1 amide bonds. The molecule has 2 rings (SSSR count). The summed E-state index contributed by atoms with van der Waals surface area (Å²) in [5, 5.41) is 9.27. The van der Waals surface area contributed by atoms with Gasteiger partial charge in [-0.2, -0.15) is 0 Å². The van der Waals surface area contributed by atoms with Crippen molar-refractivity contribution in [1.29, 1.82) is 0 Å². The first kappa shape index (κ1) is 19.7. The van der Waals surface area contributed by atoms with Gasteiger partial charge in [0.25, 0.3) is 0 Å². The number of methoxy groups -OCH3 is 1. The van der Waals surface area contributed by atoms with Crippen LogP contribution in [-0.4, -0.2) is 48.7 Å². The van der Waals surface area contributed by atoms with Crippen molar-refractivity contribution in [2.45, 2.75) is 18.8 Å². The first-order chi connectivity index (χ1) is 12.7. The number of carbonyl (C=O) groups excluding carboxylic acids is 2. The van der Waals surface area contributed by atoms with Crippen LogP contribution in [-0.2, 0) is 14.3 Å². The first-order valence-corrected chi connectivity index (χ1v) is 8.71. The van der Waals surface area contributed by atoms with E-state index in [9.17, 15) is 14.7 Å². The zero-order chi connectivity index (χ0) is 18.8. The van der Waals surface area contributed by atoms with Crippen LogP contribution in [0.15, 0.2) is 60.7 Å². The van der Waals surface area contributed by atoms with E-state index < -0.39 is 0 Å². The van der Waals surface area contributed by atoms with Crippen LogP contribution in [0.3, 0.4) is 0 Å². The van der Waals surface area contributed by atoms with Crippen LogP contribution in [0.2, 0.25) is 0 Å². The Hall–Kier alpha value is -2.66. The normalized spacial score (nSPS) is 10.6. The third-order valence-corrected chi connectivity index (χ3v) is 4.32. The molecule has 138 valence electrons. The molecular weight excluding hydrogens is 330 g/mol. The molecule has 5 heteroatoms. The molecule has 0 saturated heterocycles. The minimum absolute atomic E-state index is 0.0794. The Bertz CT molecular complexity index is 648. The highest BCUT2D eigenvalue weighted by molar-refractivity contribution is 5.78. The molecule has 26 heavy (non-hydrogen) atoms. The standard InChI is InChI=1S/C21H25NO4/c1-26-21(25)12-13-22(14-15-23)20(24)16-19(17-8-4-2-5-9-17)18-10-6-3-7-11-18/h2-11,19,23H,12-16H2,1H3. The fourth-order valence-corrected chi connectivity index (χ4v) is 2.91. The van der Waals surface area contributed by atoms with Crippen LogP contribution in [0.1, 0.15) is 29.9 Å². The Kier molecular flexibility index (Phi) is 7.83. The van der Waals surface area contributed by atoms with E-state index in [4.69, 9.17) is 0 Å². The van der Waals surface area contributed by atoms with Crippen molar-refractivity contribution in [3.63, 3.8) is 0 Å². The highest BCUT2D eigenvalue weighted by Crippen LogP contribution is 2.28. The second-order valence-electron chi connectivity index (χ2n) is 6.01. The number of hydrogen-bond donors (Lipinski definition) is 1. The number of rotatable bonds is 9.